The summed E-state index contributed by atoms with van der Waals surface area (Å²) >= 11 is 0. The van der Waals surface area contributed by atoms with Crippen LogP contribution in [0.15, 0.2) is 60.9 Å². The standard InChI is InChI=1S/C23H26N4O2/c28-21-15-27(22-18-8-4-5-9-19(18)24-16-25-22)14-20(21)26-12-10-23(29,11-13-26)17-6-2-1-3-7-17/h1-9,16,20-21,28-29H,10-15H2. The van der Waals surface area contributed by atoms with E-state index in [-0.39, 0.29) is 6.04 Å². The fourth-order valence-electron chi connectivity index (χ4n) is 4.81. The summed E-state index contributed by atoms with van der Waals surface area (Å²) in [6.07, 6.45) is 2.51. The predicted octanol–water partition coefficient (Wildman–Crippen LogP) is 2.16. The number of aliphatic hydroxyl groups excluding tert-OH is 1. The third-order valence-corrected chi connectivity index (χ3v) is 6.49. The average molecular weight is 390 g/mol. The minimum absolute atomic E-state index is 0.0454. The van der Waals surface area contributed by atoms with E-state index in [1.165, 1.54) is 0 Å². The summed E-state index contributed by atoms with van der Waals surface area (Å²) in [4.78, 5) is 13.3. The summed E-state index contributed by atoms with van der Waals surface area (Å²) < 4.78 is 0. The van der Waals surface area contributed by atoms with Gasteiger partial charge in [0.1, 0.15) is 12.1 Å². The number of piperidine rings is 1. The first-order chi connectivity index (χ1) is 14.1. The van der Waals surface area contributed by atoms with Crippen molar-refractivity contribution in [3.8, 4) is 0 Å². The van der Waals surface area contributed by atoms with Crippen molar-refractivity contribution in [2.75, 3.05) is 31.1 Å². The van der Waals surface area contributed by atoms with Gasteiger partial charge in [0.2, 0.25) is 0 Å². The van der Waals surface area contributed by atoms with Crippen LogP contribution in [0.25, 0.3) is 10.9 Å². The van der Waals surface area contributed by atoms with E-state index < -0.39 is 11.7 Å². The number of nitrogens with zero attached hydrogens (tertiary/aromatic N) is 4. The number of hydrogen-bond acceptors (Lipinski definition) is 6. The summed E-state index contributed by atoms with van der Waals surface area (Å²) in [5.41, 5.74) is 1.13. The Labute approximate surface area is 170 Å². The van der Waals surface area contributed by atoms with Crippen molar-refractivity contribution in [3.63, 3.8) is 0 Å². The molecule has 2 unspecified atom stereocenters. The zero-order chi connectivity index (χ0) is 19.8. The van der Waals surface area contributed by atoms with Crippen LogP contribution in [-0.2, 0) is 5.60 Å². The van der Waals surface area contributed by atoms with Gasteiger partial charge in [-0.05, 0) is 30.5 Å². The van der Waals surface area contributed by atoms with Crippen LogP contribution in [0.2, 0.25) is 0 Å². The van der Waals surface area contributed by atoms with E-state index in [9.17, 15) is 10.2 Å². The molecular formula is C23H26N4O2. The Hall–Kier alpha value is -2.54. The molecule has 0 saturated carbocycles. The number of hydrogen-bond donors (Lipinski definition) is 2. The van der Waals surface area contributed by atoms with Crippen LogP contribution >= 0.6 is 0 Å². The minimum Gasteiger partial charge on any atom is -0.390 e. The van der Waals surface area contributed by atoms with Crippen molar-refractivity contribution >= 4 is 16.7 Å². The SMILES string of the molecule is OC1CN(c2ncnc3ccccc23)CC1N1CCC(O)(c2ccccc2)CC1. The first kappa shape index (κ1) is 18.5. The molecule has 6 nitrogen and oxygen atoms in total. The number of likely N-dealkylation sites (tertiary alicyclic amines) is 1. The van der Waals surface area contributed by atoms with Crippen LogP contribution in [0, 0.1) is 0 Å². The molecule has 6 heteroatoms. The lowest BCUT2D eigenvalue weighted by Crippen LogP contribution is -2.50. The van der Waals surface area contributed by atoms with Crippen LogP contribution in [0.1, 0.15) is 18.4 Å². The molecule has 2 aromatic carbocycles. The molecule has 3 aromatic rings. The van der Waals surface area contributed by atoms with Crippen molar-refractivity contribution in [3.05, 3.63) is 66.5 Å². The molecule has 2 atom stereocenters. The zero-order valence-electron chi connectivity index (χ0n) is 16.4. The lowest BCUT2D eigenvalue weighted by Gasteiger charge is -2.41. The van der Waals surface area contributed by atoms with Gasteiger partial charge in [-0.2, -0.15) is 0 Å². The van der Waals surface area contributed by atoms with E-state index in [1.54, 1.807) is 6.33 Å². The first-order valence-electron chi connectivity index (χ1n) is 10.3. The van der Waals surface area contributed by atoms with E-state index in [0.29, 0.717) is 19.4 Å². The maximum atomic E-state index is 11.1. The maximum Gasteiger partial charge on any atom is 0.140 e. The van der Waals surface area contributed by atoms with Crippen LogP contribution in [0.3, 0.4) is 0 Å². The molecule has 29 heavy (non-hydrogen) atoms. The molecule has 2 N–H and O–H groups in total. The Balaban J connectivity index is 1.31. The van der Waals surface area contributed by atoms with E-state index in [4.69, 9.17) is 0 Å². The van der Waals surface area contributed by atoms with Gasteiger partial charge in [-0.1, -0.05) is 42.5 Å². The predicted molar refractivity (Wildman–Crippen MR) is 113 cm³/mol. The Kier molecular flexibility index (Phi) is 4.70. The molecule has 3 heterocycles. The highest BCUT2D eigenvalue weighted by Gasteiger charge is 2.41. The number of rotatable bonds is 3. The van der Waals surface area contributed by atoms with Crippen molar-refractivity contribution in [2.45, 2.75) is 30.6 Å². The number of para-hydroxylation sites is 1. The quantitative estimate of drug-likeness (QED) is 0.714. The zero-order valence-corrected chi connectivity index (χ0v) is 16.4. The van der Waals surface area contributed by atoms with Crippen LogP contribution in [0.4, 0.5) is 5.82 Å². The molecule has 5 rings (SSSR count). The molecule has 2 aliphatic heterocycles. The summed E-state index contributed by atoms with van der Waals surface area (Å²) in [6, 6.07) is 18.0. The second-order valence-electron chi connectivity index (χ2n) is 8.19. The van der Waals surface area contributed by atoms with Gasteiger partial charge < -0.3 is 15.1 Å². The second kappa shape index (κ2) is 7.37. The Bertz CT molecular complexity index is 983. The molecule has 2 fully saturated rings. The van der Waals surface area contributed by atoms with Gasteiger partial charge >= 0.3 is 0 Å². The van der Waals surface area contributed by atoms with Crippen LogP contribution < -0.4 is 4.90 Å². The van der Waals surface area contributed by atoms with E-state index in [2.05, 4.69) is 19.8 Å². The average Bonchev–Trinajstić information content (AvgIpc) is 3.16. The van der Waals surface area contributed by atoms with Gasteiger partial charge in [0, 0.05) is 31.6 Å². The number of anilines is 1. The molecule has 0 radical (unpaired) electrons. The number of β-amino-alcohol motifs (C(OH)–C–C–N with tert-alkyl or cyclic N) is 1. The van der Waals surface area contributed by atoms with Gasteiger partial charge in [0.05, 0.1) is 23.3 Å². The van der Waals surface area contributed by atoms with E-state index >= 15 is 0 Å². The Morgan fingerprint density at radius 3 is 2.41 bits per heavy atom. The van der Waals surface area contributed by atoms with Crippen molar-refractivity contribution < 1.29 is 10.2 Å². The fourth-order valence-corrected chi connectivity index (χ4v) is 4.81. The number of fused-ring (bicyclic) bond motifs is 1. The summed E-state index contributed by atoms with van der Waals surface area (Å²) in [6.45, 7) is 2.83. The molecule has 2 saturated heterocycles. The third kappa shape index (κ3) is 3.37. The highest BCUT2D eigenvalue weighted by atomic mass is 16.3. The molecule has 0 amide bonds. The fraction of sp³-hybridized carbons (Fsp3) is 0.391. The summed E-state index contributed by atoms with van der Waals surface area (Å²) in [5.74, 6) is 0.884. The number of benzene rings is 2. The second-order valence-corrected chi connectivity index (χ2v) is 8.19. The monoisotopic (exact) mass is 390 g/mol. The lowest BCUT2D eigenvalue weighted by atomic mass is 9.84. The molecule has 0 spiro atoms. The normalized spacial score (nSPS) is 24.8. The van der Waals surface area contributed by atoms with Gasteiger partial charge in [-0.15, -0.1) is 0 Å². The topological polar surface area (TPSA) is 72.7 Å². The molecule has 0 aliphatic carbocycles. The van der Waals surface area contributed by atoms with Gasteiger partial charge in [-0.3, -0.25) is 4.90 Å². The number of aromatic nitrogens is 2. The Morgan fingerprint density at radius 2 is 1.62 bits per heavy atom. The highest BCUT2D eigenvalue weighted by molar-refractivity contribution is 5.89. The highest BCUT2D eigenvalue weighted by Crippen LogP contribution is 2.35. The summed E-state index contributed by atoms with van der Waals surface area (Å²) in [7, 11) is 0. The van der Waals surface area contributed by atoms with E-state index in [1.807, 2.05) is 54.6 Å². The van der Waals surface area contributed by atoms with Crippen molar-refractivity contribution in [2.24, 2.45) is 0 Å². The van der Waals surface area contributed by atoms with Crippen molar-refractivity contribution in [1.29, 1.82) is 0 Å². The first-order valence-corrected chi connectivity index (χ1v) is 10.3. The minimum atomic E-state index is -0.774. The van der Waals surface area contributed by atoms with Gasteiger partial charge in [0.15, 0.2) is 0 Å². The molecule has 1 aromatic heterocycles. The van der Waals surface area contributed by atoms with Crippen LogP contribution in [-0.4, -0.2) is 63.4 Å². The molecular weight excluding hydrogens is 364 g/mol. The van der Waals surface area contributed by atoms with Crippen LogP contribution in [0.5, 0.6) is 0 Å². The van der Waals surface area contributed by atoms with Gasteiger partial charge in [0.25, 0.3) is 0 Å². The Morgan fingerprint density at radius 1 is 0.897 bits per heavy atom. The number of aliphatic hydroxyl groups is 2. The summed E-state index contributed by atoms with van der Waals surface area (Å²) in [5, 5.41) is 22.9. The largest absolute Gasteiger partial charge is 0.390 e. The van der Waals surface area contributed by atoms with E-state index in [0.717, 1.165) is 41.9 Å². The lowest BCUT2D eigenvalue weighted by molar-refractivity contribution is -0.0450. The van der Waals surface area contributed by atoms with Gasteiger partial charge in [-0.25, -0.2) is 9.97 Å². The molecule has 0 bridgehead atoms. The molecule has 150 valence electrons. The van der Waals surface area contributed by atoms with Crippen molar-refractivity contribution in [1.82, 2.24) is 14.9 Å². The maximum absolute atomic E-state index is 11.1. The smallest absolute Gasteiger partial charge is 0.140 e. The third-order valence-electron chi connectivity index (χ3n) is 6.49. The molecule has 2 aliphatic rings.